The molecule has 12 nitrogen and oxygen atoms in total. The Kier molecular flexibility index (Phi) is 8.27. The summed E-state index contributed by atoms with van der Waals surface area (Å²) in [6, 6.07) is 0. The Hall–Kier alpha value is -2.70. The first-order valence-corrected chi connectivity index (χ1v) is 14.0. The molecule has 2 saturated heterocycles. The summed E-state index contributed by atoms with van der Waals surface area (Å²) in [6.45, 7) is 11.9. The van der Waals surface area contributed by atoms with Crippen LogP contribution in [0.15, 0.2) is 12.2 Å². The Morgan fingerprint density at radius 1 is 0.951 bits per heavy atom. The van der Waals surface area contributed by atoms with Gasteiger partial charge in [0.15, 0.2) is 11.7 Å². The van der Waals surface area contributed by atoms with Crippen LogP contribution in [0.4, 0.5) is 0 Å². The molecule has 4 aliphatic rings. The predicted octanol–water partition coefficient (Wildman–Crippen LogP) is 1.76. The number of carbonyl (C=O) groups is 5. The number of hydrogen-bond acceptors (Lipinski definition) is 12. The average molecular weight is 601 g/mol. The van der Waals surface area contributed by atoms with Crippen molar-refractivity contribution < 1.29 is 57.5 Å². The van der Waals surface area contributed by atoms with E-state index in [2.05, 4.69) is 6.58 Å². The first-order chi connectivity index (χ1) is 19.0. The fourth-order valence-electron chi connectivity index (χ4n) is 7.17. The normalized spacial score (nSPS) is 43.6. The molecule has 11 atom stereocenters. The number of esters is 5. The highest BCUT2D eigenvalue weighted by Crippen LogP contribution is 2.63. The number of rotatable bonds is 4. The van der Waals surface area contributed by atoms with Crippen molar-refractivity contribution in [3.63, 3.8) is 0 Å². The third-order valence-corrected chi connectivity index (χ3v) is 9.68. The first kappa shape index (κ1) is 31.2. The lowest BCUT2D eigenvalue weighted by atomic mass is 9.51. The molecule has 2 saturated carbocycles. The molecule has 0 aromatic rings. The first-order valence-electron chi connectivity index (χ1n) is 13.6. The lowest BCUT2D eigenvalue weighted by molar-refractivity contribution is -0.259. The van der Waals surface area contributed by atoms with E-state index in [1.165, 1.54) is 27.7 Å². The number of fused-ring (bicyclic) bond motifs is 3. The van der Waals surface area contributed by atoms with Gasteiger partial charge in [0.25, 0.3) is 0 Å². The van der Waals surface area contributed by atoms with Gasteiger partial charge in [0, 0.05) is 40.0 Å². The van der Waals surface area contributed by atoms with Gasteiger partial charge in [0.1, 0.15) is 30.0 Å². The maximum atomic E-state index is 13.0. The fraction of sp³-hybridized carbons (Fsp3) is 0.750. The monoisotopic (exact) mass is 600 g/mol. The molecule has 41 heavy (non-hydrogen) atoms. The second kappa shape index (κ2) is 10.9. The van der Waals surface area contributed by atoms with E-state index in [4.69, 9.17) is 40.0 Å². The number of aliphatic hydroxyl groups is 1. The topological polar surface area (TPSA) is 164 Å². The Morgan fingerprint density at radius 3 is 1.98 bits per heavy atom. The molecule has 228 valence electrons. The molecule has 2 aliphatic heterocycles. The van der Waals surface area contributed by atoms with E-state index < -0.39 is 94.2 Å². The summed E-state index contributed by atoms with van der Waals surface area (Å²) < 4.78 is 34.9. The van der Waals surface area contributed by atoms with Crippen molar-refractivity contribution in [3.05, 3.63) is 12.2 Å². The van der Waals surface area contributed by atoms with Gasteiger partial charge in [-0.05, 0) is 19.8 Å². The summed E-state index contributed by atoms with van der Waals surface area (Å²) in [7, 11) is 0. The van der Waals surface area contributed by atoms with Crippen LogP contribution in [0.5, 0.6) is 0 Å². The standard InChI is InChI=1S/C28H37ClO12/c1-12-8-9-18(37-14(3)30)26(7)19(38-15(4)31)10-20(39-16(5)32)27(11-36-27)22(26)24(40-17(6)33)28(35)13(2)25(34)41-23(28)21(12)29/h13,18-24,35H,1,8-11H2,2-7H3/t13-,18+,19-,20+,21-,22+,23-,24-,26-,27+,28-/m0/s1. The molecule has 4 fully saturated rings. The van der Waals surface area contributed by atoms with Crippen LogP contribution in [0.3, 0.4) is 0 Å². The number of alkyl halides is 1. The summed E-state index contributed by atoms with van der Waals surface area (Å²) >= 11 is 6.78. The van der Waals surface area contributed by atoms with Crippen LogP contribution in [0.25, 0.3) is 0 Å². The molecule has 0 aromatic carbocycles. The maximum Gasteiger partial charge on any atom is 0.312 e. The van der Waals surface area contributed by atoms with Crippen LogP contribution >= 0.6 is 11.6 Å². The Bertz CT molecular complexity index is 1150. The molecule has 13 heteroatoms. The van der Waals surface area contributed by atoms with Crippen molar-refractivity contribution >= 4 is 41.4 Å². The number of epoxide rings is 1. The molecule has 1 spiro atoms. The van der Waals surface area contributed by atoms with Crippen molar-refractivity contribution in [2.45, 2.75) is 108 Å². The molecule has 0 radical (unpaired) electrons. The van der Waals surface area contributed by atoms with Gasteiger partial charge in [-0.3, -0.25) is 24.0 Å². The highest BCUT2D eigenvalue weighted by atomic mass is 35.5. The molecule has 2 aliphatic carbocycles. The average Bonchev–Trinajstić information content (AvgIpc) is 3.61. The second-order valence-corrected chi connectivity index (χ2v) is 12.2. The van der Waals surface area contributed by atoms with E-state index >= 15 is 0 Å². The number of hydrogen-bond donors (Lipinski definition) is 1. The highest BCUT2D eigenvalue weighted by molar-refractivity contribution is 6.23. The summed E-state index contributed by atoms with van der Waals surface area (Å²) in [6.07, 6.45) is -5.82. The van der Waals surface area contributed by atoms with Gasteiger partial charge in [0.05, 0.1) is 23.3 Å². The van der Waals surface area contributed by atoms with Crippen LogP contribution in [0.2, 0.25) is 0 Å². The lowest BCUT2D eigenvalue weighted by Crippen LogP contribution is -2.72. The summed E-state index contributed by atoms with van der Waals surface area (Å²) in [5, 5.41) is 11.5. The number of ether oxygens (including phenoxy) is 6. The molecule has 0 amide bonds. The molecule has 0 aromatic heterocycles. The quantitative estimate of drug-likeness (QED) is 0.164. The second-order valence-electron chi connectivity index (χ2n) is 11.7. The third kappa shape index (κ3) is 5.12. The zero-order chi connectivity index (χ0) is 30.7. The zero-order valence-corrected chi connectivity index (χ0v) is 24.7. The van der Waals surface area contributed by atoms with Crippen LogP contribution < -0.4 is 0 Å². The smallest absolute Gasteiger partial charge is 0.312 e. The van der Waals surface area contributed by atoms with Crippen molar-refractivity contribution in [3.8, 4) is 0 Å². The molecule has 2 heterocycles. The van der Waals surface area contributed by atoms with Crippen LogP contribution in [-0.4, -0.2) is 88.7 Å². The Morgan fingerprint density at radius 2 is 1.46 bits per heavy atom. The summed E-state index contributed by atoms with van der Waals surface area (Å²) in [5.74, 6) is -5.94. The highest BCUT2D eigenvalue weighted by Gasteiger charge is 2.78. The third-order valence-electron chi connectivity index (χ3n) is 9.14. The lowest BCUT2D eigenvalue weighted by Gasteiger charge is -2.58. The van der Waals surface area contributed by atoms with Crippen LogP contribution in [0, 0.1) is 17.3 Å². The van der Waals surface area contributed by atoms with Gasteiger partial charge >= 0.3 is 29.8 Å². The predicted molar refractivity (Wildman–Crippen MR) is 139 cm³/mol. The number of halogens is 1. The van der Waals surface area contributed by atoms with Gasteiger partial charge in [0.2, 0.25) is 0 Å². The Balaban J connectivity index is 2.06. The van der Waals surface area contributed by atoms with Gasteiger partial charge in [-0.2, -0.15) is 0 Å². The largest absolute Gasteiger partial charge is 0.462 e. The summed E-state index contributed by atoms with van der Waals surface area (Å²) in [5.41, 5.74) is -4.66. The molecule has 4 rings (SSSR count). The van der Waals surface area contributed by atoms with E-state index in [-0.39, 0.29) is 25.9 Å². The van der Waals surface area contributed by atoms with Crippen molar-refractivity contribution in [2.75, 3.05) is 6.61 Å². The maximum absolute atomic E-state index is 13.0. The molecule has 0 bridgehead atoms. The minimum Gasteiger partial charge on any atom is -0.462 e. The van der Waals surface area contributed by atoms with Crippen molar-refractivity contribution in [1.82, 2.24) is 0 Å². The van der Waals surface area contributed by atoms with E-state index in [1.54, 1.807) is 6.92 Å². The van der Waals surface area contributed by atoms with Gasteiger partial charge in [-0.1, -0.05) is 19.1 Å². The van der Waals surface area contributed by atoms with Crippen LogP contribution in [0.1, 0.15) is 60.8 Å². The van der Waals surface area contributed by atoms with Gasteiger partial charge in [-0.15, -0.1) is 11.6 Å². The molecular weight excluding hydrogens is 564 g/mol. The fourth-order valence-corrected chi connectivity index (χ4v) is 7.53. The van der Waals surface area contributed by atoms with Gasteiger partial charge in [-0.25, -0.2) is 0 Å². The van der Waals surface area contributed by atoms with Crippen LogP contribution in [-0.2, 0) is 52.4 Å². The SMILES string of the molecule is C=C1CC[C@@H](OC(C)=O)[C@@]2(C)[C@@H](OC(C)=O)C[C@@H](OC(C)=O)[C@]3(CO3)[C@@H]2[C@H](OC(C)=O)[C@]2(O)[C@@H](C)C(=O)O[C@H]2[C@H]1Cl. The molecular formula is C28H37ClO12. The Labute approximate surface area is 242 Å². The van der Waals surface area contributed by atoms with E-state index in [9.17, 15) is 29.1 Å². The minimum absolute atomic E-state index is 0.00347. The van der Waals surface area contributed by atoms with E-state index in [1.807, 2.05) is 0 Å². The molecule has 1 N–H and O–H groups in total. The number of carbonyl (C=O) groups excluding carboxylic acids is 5. The molecule has 0 unspecified atom stereocenters. The van der Waals surface area contributed by atoms with Crippen molar-refractivity contribution in [1.29, 1.82) is 0 Å². The van der Waals surface area contributed by atoms with E-state index in [0.717, 1.165) is 6.92 Å². The summed E-state index contributed by atoms with van der Waals surface area (Å²) in [4.78, 5) is 62.9. The van der Waals surface area contributed by atoms with E-state index in [0.29, 0.717) is 5.57 Å². The minimum atomic E-state index is -2.25. The van der Waals surface area contributed by atoms with Gasteiger partial charge < -0.3 is 33.5 Å². The zero-order valence-electron chi connectivity index (χ0n) is 24.0. The van der Waals surface area contributed by atoms with Crippen molar-refractivity contribution in [2.24, 2.45) is 17.3 Å².